The van der Waals surface area contributed by atoms with Crippen LogP contribution in [0.2, 0.25) is 0 Å². The molecular formula is C16H19N5S. The van der Waals surface area contributed by atoms with Crippen molar-refractivity contribution in [1.29, 1.82) is 0 Å². The zero-order chi connectivity index (χ0) is 15.1. The molecule has 0 saturated heterocycles. The van der Waals surface area contributed by atoms with Crippen molar-refractivity contribution in [3.05, 3.63) is 34.7 Å². The summed E-state index contributed by atoms with van der Waals surface area (Å²) in [5.74, 6) is 1.61. The number of fused-ring (bicyclic) bond motifs is 1. The van der Waals surface area contributed by atoms with E-state index in [0.717, 1.165) is 22.6 Å². The van der Waals surface area contributed by atoms with Gasteiger partial charge in [0.25, 0.3) is 0 Å². The Morgan fingerprint density at radius 3 is 3.00 bits per heavy atom. The standard InChI is InChI=1S/C16H19N5S/c1-10-8-22-16-14(10)15(18-9-19-16)17-7-13-12(6-20-21(13)2)11-4-3-5-11/h6,8-9,11H,3-5,7H2,1-2H3,(H,17,18,19). The molecule has 1 aliphatic rings. The molecule has 3 aromatic rings. The molecule has 0 spiro atoms. The van der Waals surface area contributed by atoms with Gasteiger partial charge in [-0.1, -0.05) is 6.42 Å². The highest BCUT2D eigenvalue weighted by molar-refractivity contribution is 7.17. The van der Waals surface area contributed by atoms with Gasteiger partial charge in [-0.15, -0.1) is 11.3 Å². The second kappa shape index (κ2) is 5.35. The van der Waals surface area contributed by atoms with Gasteiger partial charge in [0.1, 0.15) is 17.0 Å². The van der Waals surface area contributed by atoms with Crippen LogP contribution in [-0.2, 0) is 13.6 Å². The first-order valence-corrected chi connectivity index (χ1v) is 8.55. The quantitative estimate of drug-likeness (QED) is 0.799. The van der Waals surface area contributed by atoms with Gasteiger partial charge in [-0.3, -0.25) is 4.68 Å². The maximum absolute atomic E-state index is 4.45. The summed E-state index contributed by atoms with van der Waals surface area (Å²) in [6, 6.07) is 0. The highest BCUT2D eigenvalue weighted by Crippen LogP contribution is 2.38. The molecule has 0 radical (unpaired) electrons. The van der Waals surface area contributed by atoms with E-state index < -0.39 is 0 Å². The van der Waals surface area contributed by atoms with Crippen molar-refractivity contribution >= 4 is 27.4 Å². The number of thiophene rings is 1. The predicted molar refractivity (Wildman–Crippen MR) is 89.3 cm³/mol. The van der Waals surface area contributed by atoms with Crippen molar-refractivity contribution in [3.63, 3.8) is 0 Å². The van der Waals surface area contributed by atoms with Crippen LogP contribution < -0.4 is 5.32 Å². The second-order valence-corrected chi connectivity index (χ2v) is 6.83. The third kappa shape index (κ3) is 2.18. The van der Waals surface area contributed by atoms with E-state index in [0.29, 0.717) is 5.92 Å². The number of hydrogen-bond donors (Lipinski definition) is 1. The van der Waals surface area contributed by atoms with Crippen LogP contribution in [-0.4, -0.2) is 19.7 Å². The fraction of sp³-hybridized carbons (Fsp3) is 0.438. The SMILES string of the molecule is Cc1csc2ncnc(NCc3c(C4CCC4)cnn3C)c12. The lowest BCUT2D eigenvalue weighted by atomic mass is 9.80. The molecule has 0 bridgehead atoms. The molecule has 1 N–H and O–H groups in total. The first-order valence-electron chi connectivity index (χ1n) is 7.67. The van der Waals surface area contributed by atoms with Crippen molar-refractivity contribution in [2.75, 3.05) is 5.32 Å². The summed E-state index contributed by atoms with van der Waals surface area (Å²) < 4.78 is 1.99. The molecule has 22 heavy (non-hydrogen) atoms. The number of rotatable bonds is 4. The van der Waals surface area contributed by atoms with Crippen molar-refractivity contribution < 1.29 is 0 Å². The number of nitrogens with zero attached hydrogens (tertiary/aromatic N) is 4. The Labute approximate surface area is 133 Å². The topological polar surface area (TPSA) is 55.6 Å². The Morgan fingerprint density at radius 2 is 2.23 bits per heavy atom. The van der Waals surface area contributed by atoms with Crippen molar-refractivity contribution in [1.82, 2.24) is 19.7 Å². The van der Waals surface area contributed by atoms with Crippen LogP contribution in [0, 0.1) is 6.92 Å². The van der Waals surface area contributed by atoms with Gasteiger partial charge in [-0.05, 0) is 42.2 Å². The van der Waals surface area contributed by atoms with E-state index in [4.69, 9.17) is 0 Å². The summed E-state index contributed by atoms with van der Waals surface area (Å²) in [7, 11) is 2.02. The van der Waals surface area contributed by atoms with Gasteiger partial charge in [-0.2, -0.15) is 5.10 Å². The van der Waals surface area contributed by atoms with Crippen molar-refractivity contribution in [2.24, 2.45) is 7.05 Å². The maximum atomic E-state index is 4.45. The molecule has 1 fully saturated rings. The molecule has 3 aromatic heterocycles. The molecule has 3 heterocycles. The lowest BCUT2D eigenvalue weighted by Crippen LogP contribution is -2.14. The summed E-state index contributed by atoms with van der Waals surface area (Å²) in [6.45, 7) is 2.86. The van der Waals surface area contributed by atoms with Crippen LogP contribution in [0.4, 0.5) is 5.82 Å². The van der Waals surface area contributed by atoms with Gasteiger partial charge in [0.2, 0.25) is 0 Å². The van der Waals surface area contributed by atoms with E-state index in [1.165, 1.54) is 36.1 Å². The first-order chi connectivity index (χ1) is 10.7. The normalized spacial score (nSPS) is 15.2. The van der Waals surface area contributed by atoms with E-state index in [1.54, 1.807) is 17.7 Å². The highest BCUT2D eigenvalue weighted by Gasteiger charge is 2.24. The lowest BCUT2D eigenvalue weighted by Gasteiger charge is -2.25. The Morgan fingerprint density at radius 1 is 1.36 bits per heavy atom. The molecule has 6 heteroatoms. The zero-order valence-corrected chi connectivity index (χ0v) is 13.7. The highest BCUT2D eigenvalue weighted by atomic mass is 32.1. The molecule has 0 aliphatic heterocycles. The van der Waals surface area contributed by atoms with Crippen molar-refractivity contribution in [2.45, 2.75) is 38.6 Å². The smallest absolute Gasteiger partial charge is 0.138 e. The van der Waals surface area contributed by atoms with Gasteiger partial charge in [-0.25, -0.2) is 9.97 Å². The molecule has 1 aliphatic carbocycles. The van der Waals surface area contributed by atoms with Gasteiger partial charge < -0.3 is 5.32 Å². The molecule has 5 nitrogen and oxygen atoms in total. The fourth-order valence-corrected chi connectivity index (χ4v) is 3.97. The van der Waals surface area contributed by atoms with Crippen molar-refractivity contribution in [3.8, 4) is 0 Å². The molecule has 114 valence electrons. The average molecular weight is 313 g/mol. The summed E-state index contributed by atoms with van der Waals surface area (Å²) in [4.78, 5) is 9.82. The number of nitrogens with one attached hydrogen (secondary N) is 1. The van der Waals surface area contributed by atoms with Gasteiger partial charge >= 0.3 is 0 Å². The molecule has 0 atom stereocenters. The van der Waals surface area contributed by atoms with Crippen LogP contribution in [0.1, 0.15) is 42.0 Å². The fourth-order valence-electron chi connectivity index (χ4n) is 3.08. The second-order valence-electron chi connectivity index (χ2n) is 5.97. The van der Waals surface area contributed by atoms with Crippen LogP contribution >= 0.6 is 11.3 Å². The van der Waals surface area contributed by atoms with Crippen LogP contribution in [0.5, 0.6) is 0 Å². The number of hydrogen-bond acceptors (Lipinski definition) is 5. The Kier molecular flexibility index (Phi) is 3.33. The van der Waals surface area contributed by atoms with E-state index >= 15 is 0 Å². The molecule has 4 rings (SSSR count). The first kappa shape index (κ1) is 13.7. The minimum Gasteiger partial charge on any atom is -0.364 e. The Balaban J connectivity index is 1.62. The predicted octanol–water partition coefficient (Wildman–Crippen LogP) is 3.61. The summed E-state index contributed by atoms with van der Waals surface area (Å²) in [5.41, 5.74) is 3.89. The van der Waals surface area contributed by atoms with Gasteiger partial charge in [0.15, 0.2) is 0 Å². The third-order valence-electron chi connectivity index (χ3n) is 4.62. The van der Waals surface area contributed by atoms with Crippen LogP contribution in [0.25, 0.3) is 10.2 Å². The number of aryl methyl sites for hydroxylation is 2. The van der Waals surface area contributed by atoms with Gasteiger partial charge in [0.05, 0.1) is 23.8 Å². The summed E-state index contributed by atoms with van der Waals surface area (Å²) in [6.07, 6.45) is 7.59. The third-order valence-corrected chi connectivity index (χ3v) is 5.62. The molecular weight excluding hydrogens is 294 g/mol. The molecule has 0 unspecified atom stereocenters. The number of anilines is 1. The molecule has 1 saturated carbocycles. The lowest BCUT2D eigenvalue weighted by molar-refractivity contribution is 0.417. The minimum atomic E-state index is 0.693. The summed E-state index contributed by atoms with van der Waals surface area (Å²) >= 11 is 1.67. The largest absolute Gasteiger partial charge is 0.364 e. The monoisotopic (exact) mass is 313 g/mol. The zero-order valence-electron chi connectivity index (χ0n) is 12.8. The van der Waals surface area contributed by atoms with E-state index in [1.807, 2.05) is 17.9 Å². The van der Waals surface area contributed by atoms with E-state index in [-0.39, 0.29) is 0 Å². The van der Waals surface area contributed by atoms with Crippen LogP contribution in [0.3, 0.4) is 0 Å². The summed E-state index contributed by atoms with van der Waals surface area (Å²) in [5, 5.41) is 11.2. The molecule has 0 amide bonds. The van der Waals surface area contributed by atoms with Crippen LogP contribution in [0.15, 0.2) is 17.9 Å². The van der Waals surface area contributed by atoms with E-state index in [2.05, 4.69) is 32.7 Å². The Hall–Kier alpha value is -1.95. The molecule has 0 aromatic carbocycles. The average Bonchev–Trinajstić information content (AvgIpc) is 3.00. The minimum absolute atomic E-state index is 0.693. The maximum Gasteiger partial charge on any atom is 0.138 e. The van der Waals surface area contributed by atoms with Gasteiger partial charge in [0, 0.05) is 7.05 Å². The number of aromatic nitrogens is 4. The Bertz CT molecular complexity index is 815. The van der Waals surface area contributed by atoms with E-state index in [9.17, 15) is 0 Å².